The van der Waals surface area contributed by atoms with Gasteiger partial charge in [-0.1, -0.05) is 20.3 Å². The zero-order valence-electron chi connectivity index (χ0n) is 13.5. The van der Waals surface area contributed by atoms with Gasteiger partial charge in [-0.3, -0.25) is 4.79 Å². The Hall–Kier alpha value is -1.14. The van der Waals surface area contributed by atoms with Crippen molar-refractivity contribution in [2.75, 3.05) is 33.9 Å². The molecule has 2 N–H and O–H groups in total. The topological polar surface area (TPSA) is 76.7 Å². The van der Waals surface area contributed by atoms with Crippen LogP contribution in [-0.2, 0) is 19.1 Å². The Morgan fingerprint density at radius 1 is 1.29 bits per heavy atom. The van der Waals surface area contributed by atoms with Crippen molar-refractivity contribution in [1.29, 1.82) is 0 Å². The Labute approximate surface area is 126 Å². The van der Waals surface area contributed by atoms with E-state index < -0.39 is 11.5 Å². The van der Waals surface area contributed by atoms with Gasteiger partial charge in [-0.15, -0.1) is 0 Å². The van der Waals surface area contributed by atoms with E-state index >= 15 is 0 Å². The van der Waals surface area contributed by atoms with Crippen molar-refractivity contribution in [1.82, 2.24) is 10.6 Å². The molecule has 122 valence electrons. The SMILES string of the molecule is CCC(C)C(NC(=O)C1(COC)CCNCC1)C(=O)OC. The first-order valence-electron chi connectivity index (χ1n) is 7.59. The Bertz CT molecular complexity index is 348. The lowest BCUT2D eigenvalue weighted by Gasteiger charge is -2.37. The number of methoxy groups -OCH3 is 2. The average molecular weight is 300 g/mol. The highest BCUT2D eigenvalue weighted by atomic mass is 16.5. The highest BCUT2D eigenvalue weighted by Crippen LogP contribution is 2.30. The number of nitrogens with one attached hydrogen (secondary N) is 2. The summed E-state index contributed by atoms with van der Waals surface area (Å²) in [5.74, 6) is -0.469. The molecule has 0 spiro atoms. The van der Waals surface area contributed by atoms with Gasteiger partial charge in [0.2, 0.25) is 5.91 Å². The number of carbonyl (C=O) groups is 2. The molecule has 0 radical (unpaired) electrons. The van der Waals surface area contributed by atoms with Crippen molar-refractivity contribution in [2.24, 2.45) is 11.3 Å². The van der Waals surface area contributed by atoms with Crippen LogP contribution in [0.1, 0.15) is 33.1 Å². The van der Waals surface area contributed by atoms with Crippen LogP contribution in [0.2, 0.25) is 0 Å². The quantitative estimate of drug-likeness (QED) is 0.677. The second-order valence-corrected chi connectivity index (χ2v) is 5.82. The van der Waals surface area contributed by atoms with Crippen LogP contribution in [0.15, 0.2) is 0 Å². The number of piperidine rings is 1. The van der Waals surface area contributed by atoms with Gasteiger partial charge in [-0.2, -0.15) is 0 Å². The van der Waals surface area contributed by atoms with Crippen LogP contribution < -0.4 is 10.6 Å². The van der Waals surface area contributed by atoms with Gasteiger partial charge < -0.3 is 20.1 Å². The monoisotopic (exact) mass is 300 g/mol. The molecule has 1 heterocycles. The standard InChI is InChI=1S/C15H28N2O4/c1-5-11(2)12(13(18)21-4)17-14(19)15(10-20-3)6-8-16-9-7-15/h11-12,16H,5-10H2,1-4H3,(H,17,19). The van der Waals surface area contributed by atoms with Crippen LogP contribution in [0.3, 0.4) is 0 Å². The Balaban J connectivity index is 2.84. The van der Waals surface area contributed by atoms with Crippen LogP contribution in [0.5, 0.6) is 0 Å². The van der Waals surface area contributed by atoms with Crippen LogP contribution >= 0.6 is 0 Å². The molecule has 1 saturated heterocycles. The molecule has 1 amide bonds. The molecule has 21 heavy (non-hydrogen) atoms. The third-order valence-electron chi connectivity index (χ3n) is 4.42. The van der Waals surface area contributed by atoms with Gasteiger partial charge in [-0.25, -0.2) is 4.79 Å². The molecule has 1 rings (SSSR count). The summed E-state index contributed by atoms with van der Waals surface area (Å²) in [5, 5.41) is 6.14. The third kappa shape index (κ3) is 4.41. The van der Waals surface area contributed by atoms with Gasteiger partial charge in [-0.05, 0) is 31.8 Å². The first-order valence-corrected chi connectivity index (χ1v) is 7.59. The zero-order chi connectivity index (χ0) is 15.9. The van der Waals surface area contributed by atoms with Gasteiger partial charge in [0.25, 0.3) is 0 Å². The second-order valence-electron chi connectivity index (χ2n) is 5.82. The van der Waals surface area contributed by atoms with Crippen LogP contribution in [0, 0.1) is 11.3 Å². The molecule has 0 saturated carbocycles. The van der Waals surface area contributed by atoms with E-state index in [2.05, 4.69) is 10.6 Å². The average Bonchev–Trinajstić information content (AvgIpc) is 2.52. The predicted octanol–water partition coefficient (Wildman–Crippen LogP) is 0.707. The second kappa shape index (κ2) is 8.34. The maximum absolute atomic E-state index is 12.7. The van der Waals surface area contributed by atoms with Crippen molar-refractivity contribution in [2.45, 2.75) is 39.2 Å². The van der Waals surface area contributed by atoms with E-state index in [1.165, 1.54) is 7.11 Å². The lowest BCUT2D eigenvalue weighted by molar-refractivity contribution is -0.149. The summed E-state index contributed by atoms with van der Waals surface area (Å²) in [6.45, 7) is 5.86. The van der Waals surface area contributed by atoms with Gasteiger partial charge in [0.1, 0.15) is 6.04 Å². The zero-order valence-corrected chi connectivity index (χ0v) is 13.5. The van der Waals surface area contributed by atoms with Crippen molar-refractivity contribution in [3.05, 3.63) is 0 Å². The summed E-state index contributed by atoms with van der Waals surface area (Å²) < 4.78 is 10.1. The number of ether oxygens (including phenoxy) is 2. The van der Waals surface area contributed by atoms with E-state index in [0.717, 1.165) is 19.5 Å². The number of carbonyl (C=O) groups excluding carboxylic acids is 2. The normalized spacial score (nSPS) is 20.4. The molecule has 0 aliphatic carbocycles. The van der Waals surface area contributed by atoms with E-state index in [0.29, 0.717) is 19.4 Å². The number of hydrogen-bond acceptors (Lipinski definition) is 5. The fourth-order valence-corrected chi connectivity index (χ4v) is 2.71. The summed E-state index contributed by atoms with van der Waals surface area (Å²) in [7, 11) is 2.95. The molecule has 2 atom stereocenters. The predicted molar refractivity (Wildman–Crippen MR) is 79.8 cm³/mol. The fourth-order valence-electron chi connectivity index (χ4n) is 2.71. The molecule has 2 unspecified atom stereocenters. The summed E-state index contributed by atoms with van der Waals surface area (Å²) in [6, 6.07) is -0.601. The first kappa shape index (κ1) is 17.9. The van der Waals surface area contributed by atoms with E-state index in [1.54, 1.807) is 7.11 Å². The van der Waals surface area contributed by atoms with Crippen LogP contribution in [0.4, 0.5) is 0 Å². The molecular formula is C15H28N2O4. The lowest BCUT2D eigenvalue weighted by Crippen LogP contribution is -2.55. The van der Waals surface area contributed by atoms with Gasteiger partial charge >= 0.3 is 5.97 Å². The number of hydrogen-bond donors (Lipinski definition) is 2. The van der Waals surface area contributed by atoms with E-state index in [9.17, 15) is 9.59 Å². The summed E-state index contributed by atoms with van der Waals surface area (Å²) >= 11 is 0. The van der Waals surface area contributed by atoms with Crippen LogP contribution in [-0.4, -0.2) is 51.8 Å². The number of amides is 1. The molecule has 0 aromatic heterocycles. The largest absolute Gasteiger partial charge is 0.467 e. The molecular weight excluding hydrogens is 272 g/mol. The molecule has 0 aromatic carbocycles. The lowest BCUT2D eigenvalue weighted by atomic mass is 9.78. The summed E-state index contributed by atoms with van der Waals surface area (Å²) in [5.41, 5.74) is -0.556. The van der Waals surface area contributed by atoms with Crippen molar-refractivity contribution >= 4 is 11.9 Å². The minimum Gasteiger partial charge on any atom is -0.467 e. The molecule has 1 aliphatic heterocycles. The van der Waals surface area contributed by atoms with E-state index in [-0.39, 0.29) is 17.8 Å². The minimum absolute atomic E-state index is 0.0303. The fraction of sp³-hybridized carbons (Fsp3) is 0.867. The third-order valence-corrected chi connectivity index (χ3v) is 4.42. The highest BCUT2D eigenvalue weighted by Gasteiger charge is 2.41. The molecule has 0 aromatic rings. The van der Waals surface area contributed by atoms with Crippen LogP contribution in [0.25, 0.3) is 0 Å². The van der Waals surface area contributed by atoms with Gasteiger partial charge in [0.05, 0.1) is 19.1 Å². The van der Waals surface area contributed by atoms with Crippen molar-refractivity contribution < 1.29 is 19.1 Å². The molecule has 0 bridgehead atoms. The van der Waals surface area contributed by atoms with E-state index in [4.69, 9.17) is 9.47 Å². The van der Waals surface area contributed by atoms with E-state index in [1.807, 2.05) is 13.8 Å². The van der Waals surface area contributed by atoms with Crippen molar-refractivity contribution in [3.8, 4) is 0 Å². The van der Waals surface area contributed by atoms with Gasteiger partial charge in [0.15, 0.2) is 0 Å². The molecule has 1 fully saturated rings. The maximum atomic E-state index is 12.7. The number of rotatable bonds is 7. The smallest absolute Gasteiger partial charge is 0.328 e. The Kier molecular flexibility index (Phi) is 7.11. The Morgan fingerprint density at radius 2 is 1.90 bits per heavy atom. The first-order chi connectivity index (χ1) is 10.0. The van der Waals surface area contributed by atoms with Gasteiger partial charge in [0, 0.05) is 7.11 Å². The van der Waals surface area contributed by atoms with Crippen molar-refractivity contribution in [3.63, 3.8) is 0 Å². The molecule has 6 heteroatoms. The highest BCUT2D eigenvalue weighted by molar-refractivity contribution is 5.88. The minimum atomic E-state index is -0.601. The summed E-state index contributed by atoms with van der Waals surface area (Å²) in [4.78, 5) is 24.6. The Morgan fingerprint density at radius 3 is 2.38 bits per heavy atom. The molecule has 6 nitrogen and oxygen atoms in total. The number of esters is 1. The summed E-state index contributed by atoms with van der Waals surface area (Å²) in [6.07, 6.45) is 2.21. The maximum Gasteiger partial charge on any atom is 0.328 e. The molecule has 1 aliphatic rings.